The number of anilines is 2. The number of nitrogens with one attached hydrogen (secondary N) is 1. The van der Waals surface area contributed by atoms with Crippen LogP contribution in [0.25, 0.3) is 11.5 Å². The number of nitrogens with zero attached hydrogens (tertiary/aromatic N) is 4. The first-order valence-electron chi connectivity index (χ1n) is 11.3. The van der Waals surface area contributed by atoms with Crippen LogP contribution in [0, 0.1) is 11.3 Å². The van der Waals surface area contributed by atoms with Crippen LogP contribution in [0.4, 0.5) is 11.7 Å². The van der Waals surface area contributed by atoms with Crippen molar-refractivity contribution in [2.75, 3.05) is 16.2 Å². The minimum Gasteiger partial charge on any atom is -0.464 e. The molecule has 10 nitrogen and oxygen atoms in total. The molecule has 2 aliphatic rings. The van der Waals surface area contributed by atoms with Gasteiger partial charge in [-0.05, 0) is 54.8 Å². The number of ether oxygens (including phenoxy) is 2. The lowest BCUT2D eigenvalue weighted by atomic mass is 10.1. The van der Waals surface area contributed by atoms with Gasteiger partial charge in [-0.2, -0.15) is 5.26 Å². The van der Waals surface area contributed by atoms with Crippen LogP contribution in [0.1, 0.15) is 18.4 Å². The number of nitriles is 1. The molecule has 0 unspecified atom stereocenters. The fraction of sp³-hybridized carbons (Fsp3) is 0.115. The van der Waals surface area contributed by atoms with E-state index in [0.29, 0.717) is 23.6 Å². The number of allylic oxidation sites excluding steroid dienone is 3. The Morgan fingerprint density at radius 2 is 1.92 bits per heavy atom. The first-order valence-corrected chi connectivity index (χ1v) is 12.8. The van der Waals surface area contributed by atoms with Gasteiger partial charge in [0.15, 0.2) is 6.26 Å². The van der Waals surface area contributed by atoms with Gasteiger partial charge in [0, 0.05) is 0 Å². The first-order chi connectivity index (χ1) is 18.0. The van der Waals surface area contributed by atoms with Crippen LogP contribution in [0.15, 0.2) is 106 Å². The molecule has 186 valence electrons. The number of rotatable bonds is 8. The summed E-state index contributed by atoms with van der Waals surface area (Å²) in [5.74, 6) is 0.478. The lowest BCUT2D eigenvalue weighted by Gasteiger charge is -2.24. The summed E-state index contributed by atoms with van der Waals surface area (Å²) in [5, 5.41) is 17.4. The molecule has 1 aliphatic carbocycles. The van der Waals surface area contributed by atoms with E-state index >= 15 is 0 Å². The van der Waals surface area contributed by atoms with Crippen molar-refractivity contribution in [3.63, 3.8) is 0 Å². The van der Waals surface area contributed by atoms with E-state index in [0.717, 1.165) is 18.4 Å². The van der Waals surface area contributed by atoms with E-state index in [1.807, 2.05) is 18.2 Å². The van der Waals surface area contributed by atoms with Crippen molar-refractivity contribution in [2.24, 2.45) is 0 Å². The second-order valence-electron chi connectivity index (χ2n) is 8.04. The van der Waals surface area contributed by atoms with Gasteiger partial charge in [0.2, 0.25) is 5.88 Å². The number of hydrogen-bond acceptors (Lipinski definition) is 9. The standard InChI is InChI=1S/C26H21N5O5S/c27-16-19-10-12-21(13-11-19)37(32,33)30-23-9-5-4-8-22(23)25-28-29-26(36-25)31(24-18-34-14-15-35-24)17-20-6-2-1-3-7-20/h1-2,4-6,8-15,18,30H,3,7,17H2. The van der Waals surface area contributed by atoms with E-state index in [1.165, 1.54) is 43.1 Å². The van der Waals surface area contributed by atoms with Crippen molar-refractivity contribution in [3.8, 4) is 17.5 Å². The third-order valence-electron chi connectivity index (χ3n) is 5.56. The van der Waals surface area contributed by atoms with E-state index in [1.54, 1.807) is 29.2 Å². The summed E-state index contributed by atoms with van der Waals surface area (Å²) in [6, 6.07) is 14.5. The Morgan fingerprint density at radius 1 is 1.08 bits per heavy atom. The average molecular weight is 516 g/mol. The summed E-state index contributed by atoms with van der Waals surface area (Å²) in [7, 11) is -3.94. The summed E-state index contributed by atoms with van der Waals surface area (Å²) in [6.45, 7) is 0.433. The molecule has 0 radical (unpaired) electrons. The number of para-hydroxylation sites is 1. The van der Waals surface area contributed by atoms with Crippen molar-refractivity contribution in [1.29, 1.82) is 5.26 Å². The SMILES string of the molecule is N#Cc1ccc(S(=O)(=O)Nc2ccccc2-c2nnc(N(CC3=CC=CCC3)C3=COC=CO3)o2)cc1. The minimum absolute atomic E-state index is 0.0166. The summed E-state index contributed by atoms with van der Waals surface area (Å²) in [4.78, 5) is 1.71. The molecule has 0 amide bonds. The van der Waals surface area contributed by atoms with Gasteiger partial charge in [-0.25, -0.2) is 8.42 Å². The maximum absolute atomic E-state index is 13.0. The highest BCUT2D eigenvalue weighted by Crippen LogP contribution is 2.32. The van der Waals surface area contributed by atoms with Gasteiger partial charge in [0.1, 0.15) is 12.5 Å². The Hall–Kier alpha value is -4.82. The van der Waals surface area contributed by atoms with Gasteiger partial charge in [-0.3, -0.25) is 9.62 Å². The molecule has 1 aromatic heterocycles. The van der Waals surface area contributed by atoms with Crippen LogP contribution in [0.5, 0.6) is 0 Å². The second-order valence-corrected chi connectivity index (χ2v) is 9.72. The molecular formula is C26H21N5O5S. The molecule has 0 saturated heterocycles. The molecule has 0 saturated carbocycles. The fourth-order valence-corrected chi connectivity index (χ4v) is 4.79. The zero-order chi connectivity index (χ0) is 25.7. The minimum atomic E-state index is -3.94. The van der Waals surface area contributed by atoms with E-state index in [4.69, 9.17) is 19.2 Å². The van der Waals surface area contributed by atoms with Crippen LogP contribution >= 0.6 is 0 Å². The molecule has 11 heteroatoms. The van der Waals surface area contributed by atoms with Gasteiger partial charge in [-0.1, -0.05) is 35.5 Å². The topological polar surface area (TPSA) is 131 Å². The normalized spacial score (nSPS) is 14.6. The lowest BCUT2D eigenvalue weighted by molar-refractivity contribution is 0.245. The third kappa shape index (κ3) is 5.39. The monoisotopic (exact) mass is 515 g/mol. The lowest BCUT2D eigenvalue weighted by Crippen LogP contribution is -2.27. The van der Waals surface area contributed by atoms with Crippen molar-refractivity contribution in [3.05, 3.63) is 103 Å². The summed E-state index contributed by atoms with van der Waals surface area (Å²) in [6.07, 6.45) is 12.2. The van der Waals surface area contributed by atoms with Crippen molar-refractivity contribution >= 4 is 21.7 Å². The number of benzene rings is 2. The predicted molar refractivity (Wildman–Crippen MR) is 135 cm³/mol. The van der Waals surface area contributed by atoms with Crippen LogP contribution in [-0.2, 0) is 19.5 Å². The number of aromatic nitrogens is 2. The van der Waals surface area contributed by atoms with Crippen LogP contribution in [0.2, 0.25) is 0 Å². The van der Waals surface area contributed by atoms with E-state index in [-0.39, 0.29) is 22.5 Å². The van der Waals surface area contributed by atoms with Crippen molar-refractivity contribution < 1.29 is 22.3 Å². The third-order valence-corrected chi connectivity index (χ3v) is 6.94. The fourth-order valence-electron chi connectivity index (χ4n) is 3.71. The maximum atomic E-state index is 13.0. The van der Waals surface area contributed by atoms with Gasteiger partial charge in [0.25, 0.3) is 15.9 Å². The van der Waals surface area contributed by atoms with Crippen LogP contribution < -0.4 is 9.62 Å². The summed E-state index contributed by atoms with van der Waals surface area (Å²) >= 11 is 0. The molecule has 1 N–H and O–H groups in total. The predicted octanol–water partition coefficient (Wildman–Crippen LogP) is 4.81. The molecule has 3 aromatic rings. The van der Waals surface area contributed by atoms with E-state index in [9.17, 15) is 8.42 Å². The molecule has 37 heavy (non-hydrogen) atoms. The Balaban J connectivity index is 1.44. The van der Waals surface area contributed by atoms with Crippen molar-refractivity contribution in [2.45, 2.75) is 17.7 Å². The molecule has 0 spiro atoms. The smallest absolute Gasteiger partial charge is 0.325 e. The zero-order valence-corrected chi connectivity index (χ0v) is 20.3. The molecular weight excluding hydrogens is 494 g/mol. The Morgan fingerprint density at radius 3 is 2.65 bits per heavy atom. The molecule has 5 rings (SSSR count). The van der Waals surface area contributed by atoms with E-state index in [2.05, 4.69) is 21.0 Å². The van der Waals surface area contributed by atoms with Crippen molar-refractivity contribution in [1.82, 2.24) is 10.2 Å². The van der Waals surface area contributed by atoms with Gasteiger partial charge in [0.05, 0.1) is 34.3 Å². The summed E-state index contributed by atoms with van der Waals surface area (Å²) < 4.78 is 45.5. The quantitative estimate of drug-likeness (QED) is 0.449. The zero-order valence-electron chi connectivity index (χ0n) is 19.4. The van der Waals surface area contributed by atoms with Crippen LogP contribution in [0.3, 0.4) is 0 Å². The molecule has 0 bridgehead atoms. The highest BCUT2D eigenvalue weighted by atomic mass is 32.2. The van der Waals surface area contributed by atoms with E-state index < -0.39 is 10.0 Å². The second kappa shape index (κ2) is 10.4. The van der Waals surface area contributed by atoms with Crippen LogP contribution in [-0.4, -0.2) is 25.2 Å². The molecule has 2 aromatic carbocycles. The Kier molecular flexibility index (Phi) is 6.74. The maximum Gasteiger partial charge on any atom is 0.325 e. The highest BCUT2D eigenvalue weighted by molar-refractivity contribution is 7.92. The molecule has 0 atom stereocenters. The Labute approximate surface area is 213 Å². The van der Waals surface area contributed by atoms with Gasteiger partial charge < -0.3 is 13.9 Å². The summed E-state index contributed by atoms with van der Waals surface area (Å²) in [5.41, 5.74) is 2.15. The Bertz CT molecular complexity index is 1560. The largest absolute Gasteiger partial charge is 0.464 e. The molecule has 2 heterocycles. The highest BCUT2D eigenvalue weighted by Gasteiger charge is 2.25. The average Bonchev–Trinajstić information content (AvgIpc) is 3.43. The van der Waals surface area contributed by atoms with Gasteiger partial charge >= 0.3 is 6.01 Å². The first kappa shape index (κ1) is 23.9. The van der Waals surface area contributed by atoms with Gasteiger partial charge in [-0.15, -0.1) is 5.10 Å². The number of sulfonamides is 1. The molecule has 0 fully saturated rings. The number of hydrogen-bond donors (Lipinski definition) is 1. The molecule has 1 aliphatic heterocycles.